The number of nitrogens with zero attached hydrogens (tertiary/aromatic N) is 2. The Bertz CT molecular complexity index is 1430. The SMILES string of the molecule is CC(OCc1ccccc1)C(NC(=O)OCC1c2ccccc2-c2ccccc21)C(=O)N1CC(=O)N(C)CC1C(=O)O. The van der Waals surface area contributed by atoms with Crippen LogP contribution >= 0.6 is 0 Å². The minimum Gasteiger partial charge on any atom is -0.480 e. The van der Waals surface area contributed by atoms with Crippen LogP contribution in [0.15, 0.2) is 78.9 Å². The summed E-state index contributed by atoms with van der Waals surface area (Å²) in [6, 6.07) is 22.6. The molecule has 10 heteroatoms. The van der Waals surface area contributed by atoms with E-state index in [2.05, 4.69) is 5.32 Å². The second-order valence-corrected chi connectivity index (χ2v) is 10.5. The van der Waals surface area contributed by atoms with Crippen LogP contribution in [0.3, 0.4) is 0 Å². The maximum Gasteiger partial charge on any atom is 0.407 e. The Balaban J connectivity index is 1.33. The monoisotopic (exact) mass is 571 g/mol. The van der Waals surface area contributed by atoms with Gasteiger partial charge in [0, 0.05) is 13.0 Å². The van der Waals surface area contributed by atoms with Gasteiger partial charge in [0.1, 0.15) is 25.2 Å². The molecule has 1 fully saturated rings. The van der Waals surface area contributed by atoms with Crippen molar-refractivity contribution in [3.63, 3.8) is 0 Å². The highest BCUT2D eigenvalue weighted by Gasteiger charge is 2.42. The van der Waals surface area contributed by atoms with Crippen molar-refractivity contribution < 1.29 is 33.8 Å². The van der Waals surface area contributed by atoms with E-state index in [1.807, 2.05) is 78.9 Å². The summed E-state index contributed by atoms with van der Waals surface area (Å²) in [5, 5.41) is 12.4. The van der Waals surface area contributed by atoms with Crippen molar-refractivity contribution >= 4 is 23.9 Å². The first-order chi connectivity index (χ1) is 20.2. The van der Waals surface area contributed by atoms with Crippen LogP contribution in [-0.4, -0.2) is 83.7 Å². The van der Waals surface area contributed by atoms with Gasteiger partial charge in [0.2, 0.25) is 11.8 Å². The van der Waals surface area contributed by atoms with Crippen molar-refractivity contribution in [1.82, 2.24) is 15.1 Å². The molecule has 0 spiro atoms. The molecule has 3 aromatic carbocycles. The van der Waals surface area contributed by atoms with E-state index in [9.17, 15) is 24.3 Å². The summed E-state index contributed by atoms with van der Waals surface area (Å²) in [6.07, 6.45) is -1.72. The van der Waals surface area contributed by atoms with Crippen LogP contribution in [0.2, 0.25) is 0 Å². The van der Waals surface area contributed by atoms with Crippen molar-refractivity contribution in [2.45, 2.75) is 37.6 Å². The van der Waals surface area contributed by atoms with Gasteiger partial charge in [-0.2, -0.15) is 0 Å². The standard InChI is InChI=1S/C32H33N3O7/c1-20(41-18-21-10-4-3-5-11-21)29(30(37)35-17-28(36)34(2)16-27(35)31(38)39)33-32(40)42-19-26-24-14-8-6-12-22(24)23-13-7-9-15-25(23)26/h3-15,20,26-27,29H,16-19H2,1-2H3,(H,33,40)(H,38,39). The number of carboxylic acid groups (broad SMARTS) is 1. The normalized spacial score (nSPS) is 17.7. The number of benzene rings is 3. The van der Waals surface area contributed by atoms with E-state index in [1.54, 1.807) is 6.92 Å². The number of piperazine rings is 1. The first kappa shape index (κ1) is 28.8. The molecule has 0 radical (unpaired) electrons. The molecule has 1 aliphatic heterocycles. The van der Waals surface area contributed by atoms with Gasteiger partial charge in [0.05, 0.1) is 19.3 Å². The third-order valence-corrected chi connectivity index (χ3v) is 7.83. The number of ether oxygens (including phenoxy) is 2. The molecular weight excluding hydrogens is 538 g/mol. The Morgan fingerprint density at radius 3 is 2.17 bits per heavy atom. The van der Waals surface area contributed by atoms with Gasteiger partial charge >= 0.3 is 12.1 Å². The lowest BCUT2D eigenvalue weighted by Gasteiger charge is -2.39. The summed E-state index contributed by atoms with van der Waals surface area (Å²) >= 11 is 0. The zero-order valence-corrected chi connectivity index (χ0v) is 23.4. The van der Waals surface area contributed by atoms with Crippen molar-refractivity contribution in [2.75, 3.05) is 26.7 Å². The highest BCUT2D eigenvalue weighted by atomic mass is 16.5. The highest BCUT2D eigenvalue weighted by molar-refractivity contribution is 5.94. The van der Waals surface area contributed by atoms with E-state index in [4.69, 9.17) is 9.47 Å². The lowest BCUT2D eigenvalue weighted by Crippen LogP contribution is -2.64. The van der Waals surface area contributed by atoms with Gasteiger partial charge in [-0.05, 0) is 34.7 Å². The second-order valence-electron chi connectivity index (χ2n) is 10.5. The number of hydrogen-bond acceptors (Lipinski definition) is 6. The zero-order valence-electron chi connectivity index (χ0n) is 23.4. The van der Waals surface area contributed by atoms with Gasteiger partial charge in [-0.1, -0.05) is 78.9 Å². The second kappa shape index (κ2) is 12.4. The maximum absolute atomic E-state index is 13.8. The number of likely N-dealkylation sites (N-methyl/N-ethyl adjacent to an activating group) is 1. The summed E-state index contributed by atoms with van der Waals surface area (Å²) in [7, 11) is 1.48. The number of carbonyl (C=O) groups is 4. The number of alkyl carbamates (subject to hydrolysis) is 1. The topological polar surface area (TPSA) is 125 Å². The Morgan fingerprint density at radius 2 is 1.55 bits per heavy atom. The largest absolute Gasteiger partial charge is 0.480 e. The fourth-order valence-corrected chi connectivity index (χ4v) is 5.50. The highest BCUT2D eigenvalue weighted by Crippen LogP contribution is 2.44. The number of amides is 3. The Morgan fingerprint density at radius 1 is 0.952 bits per heavy atom. The first-order valence-corrected chi connectivity index (χ1v) is 13.8. The van der Waals surface area contributed by atoms with Crippen molar-refractivity contribution in [1.29, 1.82) is 0 Å². The predicted octanol–water partition coefficient (Wildman–Crippen LogP) is 3.25. The molecule has 1 aliphatic carbocycles. The molecule has 42 heavy (non-hydrogen) atoms. The number of carboxylic acids is 1. The van der Waals surface area contributed by atoms with Gasteiger partial charge in [-0.15, -0.1) is 0 Å². The lowest BCUT2D eigenvalue weighted by atomic mass is 9.98. The fraction of sp³-hybridized carbons (Fsp3) is 0.312. The quantitative estimate of drug-likeness (QED) is 0.404. The molecule has 3 unspecified atom stereocenters. The van der Waals surface area contributed by atoms with Crippen LogP contribution in [0.25, 0.3) is 11.1 Å². The average molecular weight is 572 g/mol. The number of fused-ring (bicyclic) bond motifs is 3. The van der Waals surface area contributed by atoms with Gasteiger partial charge in [0.15, 0.2) is 0 Å². The third-order valence-electron chi connectivity index (χ3n) is 7.83. The minimum atomic E-state index is -1.30. The molecule has 218 valence electrons. The smallest absolute Gasteiger partial charge is 0.407 e. The molecule has 0 aromatic heterocycles. The van der Waals surface area contributed by atoms with E-state index in [0.29, 0.717) is 0 Å². The summed E-state index contributed by atoms with van der Waals surface area (Å²) in [5.41, 5.74) is 5.10. The van der Waals surface area contributed by atoms with Crippen LogP contribution in [0.1, 0.15) is 29.5 Å². The molecule has 0 bridgehead atoms. The van der Waals surface area contributed by atoms with Gasteiger partial charge in [0.25, 0.3) is 0 Å². The van der Waals surface area contributed by atoms with Crippen molar-refractivity contribution in [3.05, 3.63) is 95.6 Å². The molecular formula is C32H33N3O7. The van der Waals surface area contributed by atoms with E-state index < -0.39 is 48.6 Å². The number of hydrogen-bond donors (Lipinski definition) is 2. The minimum absolute atomic E-state index is 0.0325. The van der Waals surface area contributed by atoms with Gasteiger partial charge < -0.3 is 29.7 Å². The predicted molar refractivity (Wildman–Crippen MR) is 153 cm³/mol. The third kappa shape index (κ3) is 5.99. The van der Waals surface area contributed by atoms with Crippen molar-refractivity contribution in [2.24, 2.45) is 0 Å². The van der Waals surface area contributed by atoms with Crippen LogP contribution in [0, 0.1) is 0 Å². The van der Waals surface area contributed by atoms with E-state index in [-0.39, 0.29) is 25.7 Å². The Kier molecular flexibility index (Phi) is 8.53. The molecule has 0 saturated carbocycles. The number of nitrogens with one attached hydrogen (secondary N) is 1. The maximum atomic E-state index is 13.8. The Labute approximate surface area is 243 Å². The lowest BCUT2D eigenvalue weighted by molar-refractivity contribution is -0.161. The van der Waals surface area contributed by atoms with E-state index in [1.165, 1.54) is 11.9 Å². The fourth-order valence-electron chi connectivity index (χ4n) is 5.50. The number of carbonyl (C=O) groups excluding carboxylic acids is 3. The van der Waals surface area contributed by atoms with E-state index >= 15 is 0 Å². The van der Waals surface area contributed by atoms with Crippen molar-refractivity contribution in [3.8, 4) is 11.1 Å². The zero-order chi connectivity index (χ0) is 29.8. The summed E-state index contributed by atoms with van der Waals surface area (Å²) in [5.74, 6) is -2.58. The summed E-state index contributed by atoms with van der Waals surface area (Å²) in [4.78, 5) is 53.7. The molecule has 1 heterocycles. The van der Waals surface area contributed by atoms with Crippen LogP contribution in [-0.2, 0) is 30.5 Å². The number of rotatable bonds is 9. The summed E-state index contributed by atoms with van der Waals surface area (Å²) < 4.78 is 11.6. The molecule has 3 aromatic rings. The van der Waals surface area contributed by atoms with E-state index in [0.717, 1.165) is 32.7 Å². The van der Waals surface area contributed by atoms with Crippen LogP contribution in [0.4, 0.5) is 4.79 Å². The first-order valence-electron chi connectivity index (χ1n) is 13.8. The molecule has 3 amide bonds. The van der Waals surface area contributed by atoms with Crippen LogP contribution < -0.4 is 5.32 Å². The number of aliphatic carboxylic acids is 1. The average Bonchev–Trinajstić information content (AvgIpc) is 3.32. The van der Waals surface area contributed by atoms with Crippen LogP contribution in [0.5, 0.6) is 0 Å². The Hall–Kier alpha value is -4.70. The molecule has 5 rings (SSSR count). The molecule has 3 atom stereocenters. The van der Waals surface area contributed by atoms with Gasteiger partial charge in [-0.3, -0.25) is 9.59 Å². The summed E-state index contributed by atoms with van der Waals surface area (Å²) in [6.45, 7) is 1.20. The molecule has 1 saturated heterocycles. The molecule has 10 nitrogen and oxygen atoms in total. The molecule has 2 aliphatic rings. The van der Waals surface area contributed by atoms with Gasteiger partial charge in [-0.25, -0.2) is 9.59 Å². The molecule has 2 N–H and O–H groups in total.